The van der Waals surface area contributed by atoms with E-state index in [-0.39, 0.29) is 29.9 Å². The summed E-state index contributed by atoms with van der Waals surface area (Å²) in [4.78, 5) is 19.1. The van der Waals surface area contributed by atoms with Crippen LogP contribution in [0.1, 0.15) is 49.0 Å². The van der Waals surface area contributed by atoms with E-state index < -0.39 is 0 Å². The number of benzene rings is 1. The maximum atomic E-state index is 12.0. The molecule has 1 aliphatic heterocycles. The minimum atomic E-state index is -0.0371. The van der Waals surface area contributed by atoms with Crippen molar-refractivity contribution >= 4 is 35.8 Å². The summed E-state index contributed by atoms with van der Waals surface area (Å²) < 4.78 is 0. The molecule has 6 nitrogen and oxygen atoms in total. The number of hydrogen-bond acceptors (Lipinski definition) is 3. The van der Waals surface area contributed by atoms with Crippen LogP contribution in [0.25, 0.3) is 0 Å². The summed E-state index contributed by atoms with van der Waals surface area (Å²) in [6.45, 7) is 10.4. The van der Waals surface area contributed by atoms with Gasteiger partial charge in [-0.15, -0.1) is 24.0 Å². The fourth-order valence-corrected chi connectivity index (χ4v) is 3.10. The van der Waals surface area contributed by atoms with Crippen molar-refractivity contribution < 1.29 is 4.79 Å². The Morgan fingerprint density at radius 3 is 2.52 bits per heavy atom. The van der Waals surface area contributed by atoms with Gasteiger partial charge in [-0.2, -0.15) is 0 Å². The van der Waals surface area contributed by atoms with Crippen LogP contribution in [0.4, 0.5) is 0 Å². The van der Waals surface area contributed by atoms with Crippen LogP contribution in [0.5, 0.6) is 0 Å². The topological polar surface area (TPSA) is 68.8 Å². The lowest BCUT2D eigenvalue weighted by molar-refractivity contribution is 0.0955. The van der Waals surface area contributed by atoms with Crippen molar-refractivity contribution in [1.29, 1.82) is 0 Å². The standard InChI is InChI=1S/C20H33N5O.HI/c1-3-21-19(26)18-10-8-9-17(15-18)16-24-20(22-4-2)23-11-14-25-12-6-5-7-13-25;/h8-10,15H,3-7,11-14,16H2,1-2H3,(H,21,26)(H2,22,23,24);1H. The molecule has 0 aliphatic carbocycles. The van der Waals surface area contributed by atoms with Gasteiger partial charge in [-0.05, 0) is 57.5 Å². The number of carbonyl (C=O) groups excluding carboxylic acids is 1. The van der Waals surface area contributed by atoms with E-state index in [2.05, 4.69) is 32.8 Å². The quantitative estimate of drug-likeness (QED) is 0.300. The van der Waals surface area contributed by atoms with Crippen LogP contribution in [0.2, 0.25) is 0 Å². The predicted molar refractivity (Wildman–Crippen MR) is 123 cm³/mol. The van der Waals surface area contributed by atoms with E-state index in [1.165, 1.54) is 32.4 Å². The molecular weight excluding hydrogens is 453 g/mol. The summed E-state index contributed by atoms with van der Waals surface area (Å²) in [6, 6.07) is 7.65. The zero-order valence-electron chi connectivity index (χ0n) is 16.6. The van der Waals surface area contributed by atoms with Gasteiger partial charge in [-0.3, -0.25) is 4.79 Å². The summed E-state index contributed by atoms with van der Waals surface area (Å²) >= 11 is 0. The van der Waals surface area contributed by atoms with Gasteiger partial charge in [0, 0.05) is 31.7 Å². The molecule has 1 fully saturated rings. The predicted octanol–water partition coefficient (Wildman–Crippen LogP) is 2.60. The molecule has 1 aromatic rings. The molecular formula is C20H34IN5O. The first-order valence-corrected chi connectivity index (χ1v) is 9.84. The minimum Gasteiger partial charge on any atom is -0.357 e. The molecule has 1 aromatic carbocycles. The van der Waals surface area contributed by atoms with Gasteiger partial charge in [0.1, 0.15) is 0 Å². The van der Waals surface area contributed by atoms with Gasteiger partial charge in [0.15, 0.2) is 5.96 Å². The SMILES string of the molecule is CCNC(=O)c1cccc(CN=C(NCC)NCCN2CCCCC2)c1.I. The van der Waals surface area contributed by atoms with E-state index in [1.807, 2.05) is 31.2 Å². The molecule has 1 saturated heterocycles. The molecule has 1 heterocycles. The molecule has 0 unspecified atom stereocenters. The fraction of sp³-hybridized carbons (Fsp3) is 0.600. The molecule has 0 bridgehead atoms. The number of rotatable bonds is 8. The Morgan fingerprint density at radius 2 is 1.81 bits per heavy atom. The summed E-state index contributed by atoms with van der Waals surface area (Å²) in [5.41, 5.74) is 1.71. The number of hydrogen-bond donors (Lipinski definition) is 3. The van der Waals surface area contributed by atoms with Crippen LogP contribution in [0, 0.1) is 0 Å². The average Bonchev–Trinajstić information content (AvgIpc) is 2.67. The summed E-state index contributed by atoms with van der Waals surface area (Å²) in [5.74, 6) is 0.790. The van der Waals surface area contributed by atoms with Gasteiger partial charge in [0.25, 0.3) is 5.91 Å². The van der Waals surface area contributed by atoms with Gasteiger partial charge < -0.3 is 20.9 Å². The second-order valence-electron chi connectivity index (χ2n) is 6.58. The monoisotopic (exact) mass is 487 g/mol. The Morgan fingerprint density at radius 1 is 1.07 bits per heavy atom. The van der Waals surface area contributed by atoms with Crippen LogP contribution in [0.3, 0.4) is 0 Å². The summed E-state index contributed by atoms with van der Waals surface area (Å²) in [5, 5.41) is 9.53. The second kappa shape index (κ2) is 13.8. The third-order valence-electron chi connectivity index (χ3n) is 4.46. The molecule has 0 radical (unpaired) electrons. The van der Waals surface area contributed by atoms with Crippen molar-refractivity contribution in [3.8, 4) is 0 Å². The third-order valence-corrected chi connectivity index (χ3v) is 4.46. The highest BCUT2D eigenvalue weighted by atomic mass is 127. The molecule has 3 N–H and O–H groups in total. The molecule has 0 aromatic heterocycles. The minimum absolute atomic E-state index is 0. The molecule has 0 spiro atoms. The van der Waals surface area contributed by atoms with E-state index in [9.17, 15) is 4.79 Å². The van der Waals surface area contributed by atoms with Crippen molar-refractivity contribution in [2.24, 2.45) is 4.99 Å². The van der Waals surface area contributed by atoms with Gasteiger partial charge in [-0.25, -0.2) is 4.99 Å². The number of carbonyl (C=O) groups is 1. The molecule has 152 valence electrons. The lowest BCUT2D eigenvalue weighted by atomic mass is 10.1. The van der Waals surface area contributed by atoms with Crippen molar-refractivity contribution in [3.63, 3.8) is 0 Å². The van der Waals surface area contributed by atoms with Gasteiger partial charge in [0.05, 0.1) is 6.54 Å². The summed E-state index contributed by atoms with van der Waals surface area (Å²) in [6.07, 6.45) is 4.00. The number of likely N-dealkylation sites (tertiary alicyclic amines) is 1. The van der Waals surface area contributed by atoms with E-state index in [4.69, 9.17) is 0 Å². The van der Waals surface area contributed by atoms with Crippen LogP contribution in [0.15, 0.2) is 29.3 Å². The highest BCUT2D eigenvalue weighted by Gasteiger charge is 2.09. The average molecular weight is 487 g/mol. The Kier molecular flexibility index (Phi) is 12.1. The Balaban J connectivity index is 0.00000364. The first-order chi connectivity index (χ1) is 12.7. The highest BCUT2D eigenvalue weighted by molar-refractivity contribution is 14.0. The lowest BCUT2D eigenvalue weighted by Crippen LogP contribution is -2.42. The Hall–Kier alpha value is -1.35. The molecule has 1 amide bonds. The summed E-state index contributed by atoms with van der Waals surface area (Å²) in [7, 11) is 0. The van der Waals surface area contributed by atoms with E-state index in [0.717, 1.165) is 31.2 Å². The molecule has 7 heteroatoms. The van der Waals surface area contributed by atoms with Crippen LogP contribution >= 0.6 is 24.0 Å². The zero-order valence-corrected chi connectivity index (χ0v) is 18.9. The number of aliphatic imine (C=N–C) groups is 1. The number of nitrogens with one attached hydrogen (secondary N) is 3. The van der Waals surface area contributed by atoms with E-state index >= 15 is 0 Å². The normalized spacial score (nSPS) is 15.0. The highest BCUT2D eigenvalue weighted by Crippen LogP contribution is 2.08. The Bertz CT molecular complexity index is 587. The second-order valence-corrected chi connectivity index (χ2v) is 6.58. The molecule has 27 heavy (non-hydrogen) atoms. The van der Waals surface area contributed by atoms with Crippen LogP contribution in [-0.4, -0.2) is 56.0 Å². The zero-order chi connectivity index (χ0) is 18.6. The van der Waals surface area contributed by atoms with Gasteiger partial charge in [0.2, 0.25) is 0 Å². The number of halogens is 1. The number of guanidine groups is 1. The Labute approximate surface area is 180 Å². The largest absolute Gasteiger partial charge is 0.357 e. The van der Waals surface area contributed by atoms with Crippen molar-refractivity contribution in [2.45, 2.75) is 39.7 Å². The maximum Gasteiger partial charge on any atom is 0.251 e. The lowest BCUT2D eigenvalue weighted by Gasteiger charge is -2.26. The number of piperidine rings is 1. The molecule has 1 aliphatic rings. The van der Waals surface area contributed by atoms with Crippen LogP contribution in [-0.2, 0) is 6.54 Å². The first kappa shape index (κ1) is 23.7. The van der Waals surface area contributed by atoms with Crippen LogP contribution < -0.4 is 16.0 Å². The fourth-order valence-electron chi connectivity index (χ4n) is 3.10. The molecule has 2 rings (SSSR count). The van der Waals surface area contributed by atoms with Crippen molar-refractivity contribution in [3.05, 3.63) is 35.4 Å². The number of amides is 1. The molecule has 0 atom stereocenters. The number of nitrogens with zero attached hydrogens (tertiary/aromatic N) is 2. The first-order valence-electron chi connectivity index (χ1n) is 9.84. The van der Waals surface area contributed by atoms with Crippen molar-refractivity contribution in [1.82, 2.24) is 20.9 Å². The van der Waals surface area contributed by atoms with E-state index in [1.54, 1.807) is 0 Å². The van der Waals surface area contributed by atoms with Gasteiger partial charge >= 0.3 is 0 Å². The van der Waals surface area contributed by atoms with Gasteiger partial charge in [-0.1, -0.05) is 18.6 Å². The van der Waals surface area contributed by atoms with E-state index in [0.29, 0.717) is 18.7 Å². The van der Waals surface area contributed by atoms with Crippen molar-refractivity contribution in [2.75, 3.05) is 39.3 Å². The third kappa shape index (κ3) is 8.92. The maximum absolute atomic E-state index is 12.0. The smallest absolute Gasteiger partial charge is 0.251 e. The molecule has 0 saturated carbocycles.